The number of likely N-dealkylation sites (tertiary alicyclic amines) is 1. The first-order valence-electron chi connectivity index (χ1n) is 13.5. The van der Waals surface area contributed by atoms with E-state index in [2.05, 4.69) is 13.2 Å². The van der Waals surface area contributed by atoms with Crippen LogP contribution in [0.2, 0.25) is 5.02 Å². The molecule has 2 aromatic rings. The molecule has 210 valence electrons. The van der Waals surface area contributed by atoms with Gasteiger partial charge in [0.25, 0.3) is 5.91 Å². The van der Waals surface area contributed by atoms with Crippen molar-refractivity contribution in [2.45, 2.75) is 43.6 Å². The topological polar surface area (TPSA) is 90.4 Å². The van der Waals surface area contributed by atoms with Gasteiger partial charge in [0.15, 0.2) is 0 Å². The van der Waals surface area contributed by atoms with Gasteiger partial charge in [-0.2, -0.15) is 0 Å². The molecule has 3 aliphatic rings. The van der Waals surface area contributed by atoms with Crippen LogP contribution < -0.4 is 9.80 Å². The van der Waals surface area contributed by atoms with Crippen molar-refractivity contribution < 1.29 is 24.2 Å². The van der Waals surface area contributed by atoms with E-state index in [-0.39, 0.29) is 37.4 Å². The van der Waals surface area contributed by atoms with Crippen LogP contribution in [0.1, 0.15) is 19.8 Å². The standard InChI is InChI=1S/C31H34ClN3O5/c1-4-17-33(22-9-7-6-8-10-22)28(37)25-24-15-16-31(40-24)26(25)29(38)35(20(3)19-36)27(31)30(39)34(18-5-2)23-13-11-21(32)12-14-23/h4-14,20,24-27,36H,1-2,15-19H2,3H3/t20-,24-,25+,26+,27?,31?/m1/s1. The Bertz CT molecular complexity index is 1300. The number of anilines is 2. The highest BCUT2D eigenvalue weighted by molar-refractivity contribution is 6.30. The van der Waals surface area contributed by atoms with Crippen LogP contribution in [-0.4, -0.2) is 71.2 Å². The molecule has 2 aromatic carbocycles. The predicted molar refractivity (Wildman–Crippen MR) is 154 cm³/mol. The van der Waals surface area contributed by atoms with Gasteiger partial charge < -0.3 is 24.5 Å². The van der Waals surface area contributed by atoms with Crippen LogP contribution >= 0.6 is 11.6 Å². The van der Waals surface area contributed by atoms with Crippen LogP contribution in [0, 0.1) is 11.8 Å². The molecule has 3 saturated heterocycles. The first-order valence-corrected chi connectivity index (χ1v) is 13.9. The minimum absolute atomic E-state index is 0.195. The summed E-state index contributed by atoms with van der Waals surface area (Å²) in [6, 6.07) is 14.4. The highest BCUT2D eigenvalue weighted by Gasteiger charge is 2.75. The number of carbonyl (C=O) groups excluding carboxylic acids is 3. The number of benzene rings is 2. The van der Waals surface area contributed by atoms with Crippen LogP contribution in [0.25, 0.3) is 0 Å². The maximum absolute atomic E-state index is 14.4. The summed E-state index contributed by atoms with van der Waals surface area (Å²) < 4.78 is 6.58. The van der Waals surface area contributed by atoms with Gasteiger partial charge in [-0.15, -0.1) is 13.2 Å². The Kier molecular flexibility index (Phi) is 7.86. The third-order valence-electron chi connectivity index (χ3n) is 8.36. The number of aliphatic hydroxyl groups is 1. The van der Waals surface area contributed by atoms with Crippen LogP contribution in [0.3, 0.4) is 0 Å². The zero-order valence-corrected chi connectivity index (χ0v) is 23.2. The number of hydrogen-bond donors (Lipinski definition) is 1. The number of fused-ring (bicyclic) bond motifs is 1. The molecule has 1 N–H and O–H groups in total. The molecular formula is C31H34ClN3O5. The second-order valence-corrected chi connectivity index (χ2v) is 11.1. The number of aliphatic hydroxyl groups excluding tert-OH is 1. The second-order valence-electron chi connectivity index (χ2n) is 10.6. The number of ether oxygens (including phenoxy) is 1. The fraction of sp³-hybridized carbons (Fsp3) is 0.387. The van der Waals surface area contributed by atoms with Crippen molar-refractivity contribution >= 4 is 40.7 Å². The summed E-state index contributed by atoms with van der Waals surface area (Å²) in [4.78, 5) is 47.5. The normalized spacial score (nSPS) is 27.3. The molecule has 2 unspecified atom stereocenters. The summed E-state index contributed by atoms with van der Waals surface area (Å²) in [5.74, 6) is -2.55. The smallest absolute Gasteiger partial charge is 0.253 e. The predicted octanol–water partition coefficient (Wildman–Crippen LogP) is 3.83. The van der Waals surface area contributed by atoms with Gasteiger partial charge in [0.1, 0.15) is 11.6 Å². The Morgan fingerprint density at radius 1 is 1.07 bits per heavy atom. The van der Waals surface area contributed by atoms with Crippen LogP contribution in [-0.2, 0) is 19.1 Å². The molecule has 3 heterocycles. The summed E-state index contributed by atoms with van der Waals surface area (Å²) in [5, 5.41) is 10.7. The van der Waals surface area contributed by atoms with Crippen molar-refractivity contribution in [3.05, 3.63) is 84.9 Å². The largest absolute Gasteiger partial charge is 0.394 e. The van der Waals surface area contributed by atoms with Gasteiger partial charge in [-0.1, -0.05) is 42.0 Å². The molecule has 3 amide bonds. The number of nitrogens with zero attached hydrogens (tertiary/aromatic N) is 3. The molecule has 3 fully saturated rings. The van der Waals surface area contributed by atoms with Crippen LogP contribution in [0.15, 0.2) is 79.9 Å². The first kappa shape index (κ1) is 28.1. The van der Waals surface area contributed by atoms with Gasteiger partial charge >= 0.3 is 0 Å². The van der Waals surface area contributed by atoms with E-state index in [0.29, 0.717) is 29.2 Å². The molecule has 3 aliphatic heterocycles. The summed E-state index contributed by atoms with van der Waals surface area (Å²) in [5.41, 5.74) is 0.104. The second kappa shape index (κ2) is 11.2. The van der Waals surface area contributed by atoms with E-state index in [1.54, 1.807) is 53.1 Å². The van der Waals surface area contributed by atoms with Crippen LogP contribution in [0.4, 0.5) is 11.4 Å². The Morgan fingerprint density at radius 3 is 2.27 bits per heavy atom. The van der Waals surface area contributed by atoms with Crippen molar-refractivity contribution in [1.29, 1.82) is 0 Å². The van der Waals surface area contributed by atoms with Crippen molar-refractivity contribution in [3.8, 4) is 0 Å². The summed E-state index contributed by atoms with van der Waals surface area (Å²) in [6.45, 7) is 9.47. The van der Waals surface area contributed by atoms with E-state index in [0.717, 1.165) is 0 Å². The lowest BCUT2D eigenvalue weighted by Crippen LogP contribution is -2.58. The van der Waals surface area contributed by atoms with Gasteiger partial charge in [0.2, 0.25) is 11.8 Å². The number of halogens is 1. The van der Waals surface area contributed by atoms with Gasteiger partial charge in [-0.3, -0.25) is 14.4 Å². The lowest BCUT2D eigenvalue weighted by Gasteiger charge is -2.38. The van der Waals surface area contributed by atoms with E-state index >= 15 is 0 Å². The van der Waals surface area contributed by atoms with E-state index in [1.807, 2.05) is 30.3 Å². The molecule has 9 heteroatoms. The molecule has 0 aliphatic carbocycles. The lowest BCUT2D eigenvalue weighted by molar-refractivity contribution is -0.143. The summed E-state index contributed by atoms with van der Waals surface area (Å²) in [7, 11) is 0. The molecule has 8 nitrogen and oxygen atoms in total. The average Bonchev–Trinajstić information content (AvgIpc) is 3.62. The molecular weight excluding hydrogens is 530 g/mol. The minimum Gasteiger partial charge on any atom is -0.394 e. The van der Waals surface area contributed by atoms with Gasteiger partial charge in [0, 0.05) is 29.5 Å². The van der Waals surface area contributed by atoms with Crippen LogP contribution in [0.5, 0.6) is 0 Å². The SMILES string of the molecule is C=CCN(C(=O)C1N([C@H](C)CO)C(=O)[C@@H]2[C@@H](C(=O)N(CC=C)c3ccccc3)[C@H]3CCC12O3)c1ccc(Cl)cc1. The summed E-state index contributed by atoms with van der Waals surface area (Å²) in [6.07, 6.45) is 3.77. The fourth-order valence-corrected chi connectivity index (χ4v) is 6.80. The van der Waals surface area contributed by atoms with Gasteiger partial charge in [0.05, 0.1) is 30.6 Å². The van der Waals surface area contributed by atoms with Crippen molar-refractivity contribution in [2.24, 2.45) is 11.8 Å². The third kappa shape index (κ3) is 4.44. The van der Waals surface area contributed by atoms with Gasteiger partial charge in [-0.25, -0.2) is 0 Å². The monoisotopic (exact) mass is 563 g/mol. The summed E-state index contributed by atoms with van der Waals surface area (Å²) >= 11 is 6.10. The number of rotatable bonds is 10. The lowest BCUT2D eigenvalue weighted by atomic mass is 9.70. The first-order chi connectivity index (χ1) is 19.3. The zero-order valence-electron chi connectivity index (χ0n) is 22.5. The molecule has 5 rings (SSSR count). The highest BCUT2D eigenvalue weighted by atomic mass is 35.5. The third-order valence-corrected chi connectivity index (χ3v) is 8.61. The molecule has 1 spiro atoms. The zero-order chi connectivity index (χ0) is 28.6. The number of amides is 3. The van der Waals surface area contributed by atoms with E-state index in [1.165, 1.54) is 4.90 Å². The molecule has 40 heavy (non-hydrogen) atoms. The fourth-order valence-electron chi connectivity index (χ4n) is 6.67. The van der Waals surface area contributed by atoms with E-state index in [4.69, 9.17) is 16.3 Å². The molecule has 6 atom stereocenters. The molecule has 0 aromatic heterocycles. The Hall–Kier alpha value is -3.46. The Labute approximate surface area is 239 Å². The maximum atomic E-state index is 14.4. The number of carbonyl (C=O) groups is 3. The maximum Gasteiger partial charge on any atom is 0.253 e. The number of para-hydroxylation sites is 1. The van der Waals surface area contributed by atoms with Crippen molar-refractivity contribution in [2.75, 3.05) is 29.5 Å². The highest BCUT2D eigenvalue weighted by Crippen LogP contribution is 2.59. The Morgan fingerprint density at radius 2 is 1.68 bits per heavy atom. The van der Waals surface area contributed by atoms with E-state index in [9.17, 15) is 19.5 Å². The van der Waals surface area contributed by atoms with E-state index < -0.39 is 35.6 Å². The Balaban J connectivity index is 1.57. The molecule has 0 radical (unpaired) electrons. The molecule has 2 bridgehead atoms. The van der Waals surface area contributed by atoms with Crippen molar-refractivity contribution in [1.82, 2.24) is 4.90 Å². The minimum atomic E-state index is -1.19. The average molecular weight is 564 g/mol. The number of hydrogen-bond acceptors (Lipinski definition) is 5. The van der Waals surface area contributed by atoms with Crippen molar-refractivity contribution in [3.63, 3.8) is 0 Å². The van der Waals surface area contributed by atoms with Gasteiger partial charge in [-0.05, 0) is 56.2 Å². The molecule has 0 saturated carbocycles. The quantitative estimate of drug-likeness (QED) is 0.444.